The number of anilines is 1. The van der Waals surface area contributed by atoms with Crippen molar-refractivity contribution in [1.29, 1.82) is 0 Å². The zero-order valence-corrected chi connectivity index (χ0v) is 14.9. The van der Waals surface area contributed by atoms with Crippen LogP contribution in [-0.2, 0) is 21.4 Å². The number of halogens is 3. The van der Waals surface area contributed by atoms with Crippen molar-refractivity contribution in [3.63, 3.8) is 0 Å². The number of aliphatic hydroxyl groups is 1. The van der Waals surface area contributed by atoms with E-state index < -0.39 is 34.1 Å². The molecular weight excluding hydrogens is 389 g/mol. The van der Waals surface area contributed by atoms with E-state index in [4.69, 9.17) is 4.42 Å². The van der Waals surface area contributed by atoms with Gasteiger partial charge < -0.3 is 14.8 Å². The summed E-state index contributed by atoms with van der Waals surface area (Å²) in [7, 11) is -3.84. The number of nitrogens with one attached hydrogen (secondary N) is 2. The second kappa shape index (κ2) is 7.71. The topological polar surface area (TPSA) is 109 Å². The maximum Gasteiger partial charge on any atom is 0.417 e. The quantitative estimate of drug-likeness (QED) is 0.654. The predicted molar refractivity (Wildman–Crippen MR) is 89.1 cm³/mol. The Hall–Kier alpha value is -2.37. The van der Waals surface area contributed by atoms with Crippen LogP contribution in [0.1, 0.15) is 19.1 Å². The maximum atomic E-state index is 12.6. The minimum atomic E-state index is -4.96. The Morgan fingerprint density at radius 2 is 1.81 bits per heavy atom. The molecule has 0 saturated heterocycles. The van der Waals surface area contributed by atoms with E-state index in [1.807, 2.05) is 0 Å². The number of carbonyl (C=O) groups is 1. The molecule has 1 aromatic carbocycles. The van der Waals surface area contributed by atoms with Gasteiger partial charge in [0.15, 0.2) is 5.60 Å². The van der Waals surface area contributed by atoms with Gasteiger partial charge in [-0.05, 0) is 43.3 Å². The molecule has 1 amide bonds. The number of carbonyl (C=O) groups excluding carboxylic acids is 1. The first-order valence-corrected chi connectivity index (χ1v) is 9.10. The van der Waals surface area contributed by atoms with Crippen LogP contribution in [0.15, 0.2) is 52.0 Å². The Labute approximate surface area is 153 Å². The van der Waals surface area contributed by atoms with Gasteiger partial charge in [-0.1, -0.05) is 0 Å². The summed E-state index contributed by atoms with van der Waals surface area (Å²) in [5.74, 6) is -0.650. The van der Waals surface area contributed by atoms with Gasteiger partial charge in [-0.15, -0.1) is 0 Å². The molecule has 0 unspecified atom stereocenters. The van der Waals surface area contributed by atoms with Crippen LogP contribution < -0.4 is 10.0 Å². The van der Waals surface area contributed by atoms with Crippen LogP contribution in [0.2, 0.25) is 0 Å². The molecule has 3 N–H and O–H groups in total. The van der Waals surface area contributed by atoms with Crippen molar-refractivity contribution in [2.24, 2.45) is 0 Å². The Balaban J connectivity index is 1.99. The molecular formula is C16H17F3N2O5S. The first kappa shape index (κ1) is 20.9. The van der Waals surface area contributed by atoms with Crippen molar-refractivity contribution in [2.75, 3.05) is 5.32 Å². The first-order chi connectivity index (χ1) is 12.4. The van der Waals surface area contributed by atoms with Gasteiger partial charge in [0.05, 0.1) is 24.1 Å². The number of furan rings is 1. The van der Waals surface area contributed by atoms with E-state index in [-0.39, 0.29) is 17.1 Å². The van der Waals surface area contributed by atoms with Crippen LogP contribution in [0.25, 0.3) is 0 Å². The fraction of sp³-hybridized carbons (Fsp3) is 0.312. The molecule has 2 rings (SSSR count). The summed E-state index contributed by atoms with van der Waals surface area (Å²) in [5, 5.41) is 11.5. The normalized spacial score (nSPS) is 14.6. The van der Waals surface area contributed by atoms with Crippen molar-refractivity contribution in [3.05, 3.63) is 48.4 Å². The molecule has 0 bridgehead atoms. The highest BCUT2D eigenvalue weighted by Crippen LogP contribution is 2.32. The van der Waals surface area contributed by atoms with Crippen LogP contribution in [-0.4, -0.2) is 31.2 Å². The lowest BCUT2D eigenvalue weighted by atomic mass is 10.0. The number of sulfonamides is 1. The summed E-state index contributed by atoms with van der Waals surface area (Å²) in [6.45, 7) is 0.438. The Bertz CT molecular complexity index is 876. The monoisotopic (exact) mass is 406 g/mol. The number of hydrogen-bond donors (Lipinski definition) is 3. The van der Waals surface area contributed by atoms with E-state index in [0.29, 0.717) is 12.7 Å². The van der Waals surface area contributed by atoms with Gasteiger partial charge in [0.25, 0.3) is 0 Å². The van der Waals surface area contributed by atoms with E-state index in [9.17, 15) is 31.5 Å². The molecule has 7 nitrogen and oxygen atoms in total. The van der Waals surface area contributed by atoms with Gasteiger partial charge in [0.2, 0.25) is 15.9 Å². The largest absolute Gasteiger partial charge is 0.468 e. The number of rotatable bonds is 7. The van der Waals surface area contributed by atoms with Gasteiger partial charge in [-0.25, -0.2) is 13.1 Å². The van der Waals surface area contributed by atoms with Crippen molar-refractivity contribution in [3.8, 4) is 0 Å². The molecule has 0 spiro atoms. The molecule has 1 heterocycles. The van der Waals surface area contributed by atoms with Gasteiger partial charge in [-0.2, -0.15) is 13.2 Å². The minimum absolute atomic E-state index is 0.0552. The average Bonchev–Trinajstić information content (AvgIpc) is 3.05. The molecule has 2 aromatic rings. The number of amides is 1. The summed E-state index contributed by atoms with van der Waals surface area (Å²) < 4.78 is 69.4. The van der Waals surface area contributed by atoms with Gasteiger partial charge in [0.1, 0.15) is 5.76 Å². The molecule has 11 heteroatoms. The van der Waals surface area contributed by atoms with Crippen LogP contribution in [0.4, 0.5) is 18.9 Å². The molecule has 0 fully saturated rings. The van der Waals surface area contributed by atoms with Crippen molar-refractivity contribution < 1.29 is 35.9 Å². The Kier molecular flexibility index (Phi) is 5.97. The number of benzene rings is 1. The summed E-state index contributed by atoms with van der Waals surface area (Å²) >= 11 is 0. The highest BCUT2D eigenvalue weighted by atomic mass is 32.2. The zero-order chi connectivity index (χ0) is 20.3. The van der Waals surface area contributed by atoms with Crippen LogP contribution >= 0.6 is 0 Å². The molecule has 0 radical (unpaired) electrons. The van der Waals surface area contributed by atoms with E-state index in [0.717, 1.165) is 0 Å². The molecule has 148 valence electrons. The molecule has 0 aliphatic rings. The fourth-order valence-electron chi connectivity index (χ4n) is 2.00. The second-order valence-electron chi connectivity index (χ2n) is 5.92. The highest BCUT2D eigenvalue weighted by Gasteiger charge is 2.50. The maximum absolute atomic E-state index is 12.6. The van der Waals surface area contributed by atoms with Crippen molar-refractivity contribution in [2.45, 2.75) is 36.6 Å². The smallest absolute Gasteiger partial charge is 0.417 e. The Morgan fingerprint density at radius 1 is 1.19 bits per heavy atom. The molecule has 0 aliphatic carbocycles. The summed E-state index contributed by atoms with van der Waals surface area (Å²) in [6, 6.07) is 8.02. The number of alkyl halides is 3. The van der Waals surface area contributed by atoms with E-state index >= 15 is 0 Å². The third kappa shape index (κ3) is 5.55. The molecule has 0 aliphatic heterocycles. The summed E-state index contributed by atoms with van der Waals surface area (Å²) in [6.07, 6.45) is -4.75. The first-order valence-electron chi connectivity index (χ1n) is 7.62. The lowest BCUT2D eigenvalue weighted by molar-refractivity contribution is -0.252. The molecule has 1 atom stereocenters. The second-order valence-corrected chi connectivity index (χ2v) is 7.69. The van der Waals surface area contributed by atoms with Crippen molar-refractivity contribution in [1.82, 2.24) is 4.72 Å². The van der Waals surface area contributed by atoms with Gasteiger partial charge in [0, 0.05) is 5.69 Å². The molecule has 0 saturated carbocycles. The lowest BCUT2D eigenvalue weighted by Crippen LogP contribution is -2.44. The average molecular weight is 406 g/mol. The molecule has 27 heavy (non-hydrogen) atoms. The van der Waals surface area contributed by atoms with Crippen LogP contribution in [0.5, 0.6) is 0 Å². The number of hydrogen-bond acceptors (Lipinski definition) is 5. The standard InChI is InChI=1S/C16H17F3N2O5S/c1-15(23,16(17,18)19)9-14(22)21-11-4-6-13(7-5-11)27(24,25)20-10-12-3-2-8-26-12/h2-8,20,23H,9-10H2,1H3,(H,21,22)/t15-/m0/s1. The van der Waals surface area contributed by atoms with E-state index in [2.05, 4.69) is 10.0 Å². The summed E-state index contributed by atoms with van der Waals surface area (Å²) in [4.78, 5) is 11.6. The predicted octanol–water partition coefficient (Wildman–Crippen LogP) is 2.40. The van der Waals surface area contributed by atoms with Gasteiger partial charge in [-0.3, -0.25) is 4.79 Å². The minimum Gasteiger partial charge on any atom is -0.468 e. The summed E-state index contributed by atoms with van der Waals surface area (Å²) in [5.41, 5.74) is -3.08. The van der Waals surface area contributed by atoms with Crippen LogP contribution in [0, 0.1) is 0 Å². The highest BCUT2D eigenvalue weighted by molar-refractivity contribution is 7.89. The van der Waals surface area contributed by atoms with E-state index in [1.54, 1.807) is 12.1 Å². The third-order valence-corrected chi connectivity index (χ3v) is 5.00. The fourth-order valence-corrected chi connectivity index (χ4v) is 2.99. The zero-order valence-electron chi connectivity index (χ0n) is 14.1. The third-order valence-electron chi connectivity index (χ3n) is 3.58. The SMILES string of the molecule is C[C@](O)(CC(=O)Nc1ccc(S(=O)(=O)NCc2ccco2)cc1)C(F)(F)F. The van der Waals surface area contributed by atoms with Crippen molar-refractivity contribution >= 4 is 21.6 Å². The van der Waals surface area contributed by atoms with Crippen LogP contribution in [0.3, 0.4) is 0 Å². The molecule has 1 aromatic heterocycles. The van der Waals surface area contributed by atoms with Gasteiger partial charge >= 0.3 is 6.18 Å². The lowest BCUT2D eigenvalue weighted by Gasteiger charge is -2.25. The van der Waals surface area contributed by atoms with E-state index in [1.165, 1.54) is 30.5 Å². The Morgan fingerprint density at radius 3 is 2.33 bits per heavy atom.